The monoisotopic (exact) mass is 218 g/mol. The van der Waals surface area contributed by atoms with Gasteiger partial charge in [0.25, 0.3) is 0 Å². The lowest BCUT2D eigenvalue weighted by atomic mass is 10.0. The van der Waals surface area contributed by atoms with Crippen molar-refractivity contribution in [1.82, 2.24) is 4.98 Å². The first kappa shape index (κ1) is 10.9. The molecule has 1 aliphatic heterocycles. The number of rotatable bonds is 2. The fourth-order valence-electron chi connectivity index (χ4n) is 2.30. The van der Waals surface area contributed by atoms with E-state index in [1.54, 1.807) is 6.20 Å². The molecule has 1 saturated heterocycles. The van der Waals surface area contributed by atoms with Gasteiger partial charge < -0.3 is 10.6 Å². The molecule has 2 heterocycles. The van der Waals surface area contributed by atoms with Crippen molar-refractivity contribution in [3.63, 3.8) is 0 Å². The normalized spacial score (nSPS) is 20.8. The SMILES string of the molecule is CC1CCCCN1c1cnccc1C(=N)N. The maximum absolute atomic E-state index is 7.58. The Balaban J connectivity index is 2.34. The minimum Gasteiger partial charge on any atom is -0.384 e. The second kappa shape index (κ2) is 4.51. The molecule has 1 aliphatic rings. The summed E-state index contributed by atoms with van der Waals surface area (Å²) in [4.78, 5) is 6.46. The lowest BCUT2D eigenvalue weighted by Crippen LogP contribution is -2.38. The van der Waals surface area contributed by atoms with Gasteiger partial charge in [-0.05, 0) is 32.3 Å². The molecule has 0 bridgehead atoms. The van der Waals surface area contributed by atoms with Gasteiger partial charge in [0, 0.05) is 24.3 Å². The largest absolute Gasteiger partial charge is 0.384 e. The molecule has 1 fully saturated rings. The zero-order valence-corrected chi connectivity index (χ0v) is 9.61. The summed E-state index contributed by atoms with van der Waals surface area (Å²) >= 11 is 0. The Hall–Kier alpha value is -1.58. The lowest BCUT2D eigenvalue weighted by molar-refractivity contribution is 0.484. The molecule has 1 aromatic heterocycles. The molecule has 0 spiro atoms. The van der Waals surface area contributed by atoms with Gasteiger partial charge in [0.05, 0.1) is 11.9 Å². The van der Waals surface area contributed by atoms with Gasteiger partial charge in [0.1, 0.15) is 5.84 Å². The van der Waals surface area contributed by atoms with E-state index in [4.69, 9.17) is 11.1 Å². The smallest absolute Gasteiger partial charge is 0.125 e. The molecule has 86 valence electrons. The maximum Gasteiger partial charge on any atom is 0.125 e. The van der Waals surface area contributed by atoms with Crippen LogP contribution in [-0.2, 0) is 0 Å². The van der Waals surface area contributed by atoms with E-state index in [9.17, 15) is 0 Å². The van der Waals surface area contributed by atoms with E-state index < -0.39 is 0 Å². The first-order chi connectivity index (χ1) is 7.70. The number of anilines is 1. The fourth-order valence-corrected chi connectivity index (χ4v) is 2.30. The summed E-state index contributed by atoms with van der Waals surface area (Å²) in [5, 5.41) is 7.58. The van der Waals surface area contributed by atoms with E-state index in [1.165, 1.54) is 19.3 Å². The molecule has 16 heavy (non-hydrogen) atoms. The molecule has 0 radical (unpaired) electrons. The summed E-state index contributed by atoms with van der Waals surface area (Å²) < 4.78 is 0. The van der Waals surface area contributed by atoms with Crippen molar-refractivity contribution >= 4 is 11.5 Å². The number of nitrogens with two attached hydrogens (primary N) is 1. The average molecular weight is 218 g/mol. The van der Waals surface area contributed by atoms with Crippen molar-refractivity contribution in [2.24, 2.45) is 5.73 Å². The number of pyridine rings is 1. The van der Waals surface area contributed by atoms with Crippen LogP contribution in [0.4, 0.5) is 5.69 Å². The van der Waals surface area contributed by atoms with Crippen LogP contribution >= 0.6 is 0 Å². The Morgan fingerprint density at radius 1 is 1.56 bits per heavy atom. The number of aromatic nitrogens is 1. The number of hydrogen-bond donors (Lipinski definition) is 2. The van der Waals surface area contributed by atoms with Crippen molar-refractivity contribution in [2.75, 3.05) is 11.4 Å². The van der Waals surface area contributed by atoms with E-state index in [0.29, 0.717) is 6.04 Å². The Labute approximate surface area is 96.0 Å². The van der Waals surface area contributed by atoms with Crippen molar-refractivity contribution in [1.29, 1.82) is 5.41 Å². The Morgan fingerprint density at radius 2 is 2.38 bits per heavy atom. The van der Waals surface area contributed by atoms with Crippen LogP contribution in [0.2, 0.25) is 0 Å². The third-order valence-electron chi connectivity index (χ3n) is 3.20. The molecule has 4 heteroatoms. The van der Waals surface area contributed by atoms with Gasteiger partial charge in [-0.3, -0.25) is 10.4 Å². The standard InChI is InChI=1S/C12H18N4/c1-9-4-2-3-7-16(9)11-8-15-6-5-10(11)12(13)14/h5-6,8-9H,2-4,7H2,1H3,(H3,13,14). The zero-order valence-electron chi connectivity index (χ0n) is 9.61. The van der Waals surface area contributed by atoms with E-state index in [-0.39, 0.29) is 5.84 Å². The summed E-state index contributed by atoms with van der Waals surface area (Å²) in [6.07, 6.45) is 7.20. The van der Waals surface area contributed by atoms with Gasteiger partial charge in [-0.2, -0.15) is 0 Å². The average Bonchev–Trinajstić information content (AvgIpc) is 2.29. The molecule has 1 unspecified atom stereocenters. The van der Waals surface area contributed by atoms with Crippen molar-refractivity contribution in [3.8, 4) is 0 Å². The molecule has 3 N–H and O–H groups in total. The first-order valence-electron chi connectivity index (χ1n) is 5.75. The minimum absolute atomic E-state index is 0.121. The van der Waals surface area contributed by atoms with Crippen LogP contribution in [0.3, 0.4) is 0 Å². The molecule has 0 saturated carbocycles. The molecule has 2 rings (SSSR count). The fraction of sp³-hybridized carbons (Fsp3) is 0.500. The van der Waals surface area contributed by atoms with E-state index in [0.717, 1.165) is 17.8 Å². The Morgan fingerprint density at radius 3 is 3.06 bits per heavy atom. The van der Waals surface area contributed by atoms with Crippen LogP contribution < -0.4 is 10.6 Å². The van der Waals surface area contributed by atoms with E-state index in [1.807, 2.05) is 12.3 Å². The van der Waals surface area contributed by atoms with Crippen molar-refractivity contribution < 1.29 is 0 Å². The first-order valence-corrected chi connectivity index (χ1v) is 5.75. The summed E-state index contributed by atoms with van der Waals surface area (Å²) in [5.74, 6) is 0.121. The Bertz CT molecular complexity index is 388. The van der Waals surface area contributed by atoms with Gasteiger partial charge in [0.15, 0.2) is 0 Å². The van der Waals surface area contributed by atoms with Gasteiger partial charge in [-0.25, -0.2) is 0 Å². The highest BCUT2D eigenvalue weighted by Crippen LogP contribution is 2.26. The van der Waals surface area contributed by atoms with Gasteiger partial charge in [-0.1, -0.05) is 0 Å². The third-order valence-corrected chi connectivity index (χ3v) is 3.20. The van der Waals surface area contributed by atoms with E-state index in [2.05, 4.69) is 16.8 Å². The summed E-state index contributed by atoms with van der Waals surface area (Å²) in [7, 11) is 0. The second-order valence-electron chi connectivity index (χ2n) is 4.34. The van der Waals surface area contributed by atoms with Gasteiger partial charge >= 0.3 is 0 Å². The quantitative estimate of drug-likeness (QED) is 0.587. The van der Waals surface area contributed by atoms with Crippen LogP contribution in [-0.4, -0.2) is 23.4 Å². The lowest BCUT2D eigenvalue weighted by Gasteiger charge is -2.36. The molecule has 0 aromatic carbocycles. The third kappa shape index (κ3) is 2.01. The number of nitrogens with one attached hydrogen (secondary N) is 1. The summed E-state index contributed by atoms with van der Waals surface area (Å²) in [6, 6.07) is 2.33. The molecule has 4 nitrogen and oxygen atoms in total. The van der Waals surface area contributed by atoms with Crippen molar-refractivity contribution in [2.45, 2.75) is 32.2 Å². The van der Waals surface area contributed by atoms with Crippen molar-refractivity contribution in [3.05, 3.63) is 24.0 Å². The number of nitrogens with zero attached hydrogens (tertiary/aromatic N) is 2. The van der Waals surface area contributed by atoms with Crippen LogP contribution in [0.15, 0.2) is 18.5 Å². The molecule has 1 atom stereocenters. The molecule has 1 aromatic rings. The predicted molar refractivity (Wildman–Crippen MR) is 65.9 cm³/mol. The highest BCUT2D eigenvalue weighted by atomic mass is 15.2. The van der Waals surface area contributed by atoms with Crippen LogP contribution in [0.5, 0.6) is 0 Å². The minimum atomic E-state index is 0.121. The highest BCUT2D eigenvalue weighted by molar-refractivity contribution is 6.00. The predicted octanol–water partition coefficient (Wildman–Crippen LogP) is 1.74. The van der Waals surface area contributed by atoms with Gasteiger partial charge in [-0.15, -0.1) is 0 Å². The second-order valence-corrected chi connectivity index (χ2v) is 4.34. The maximum atomic E-state index is 7.58. The molecular formula is C12H18N4. The van der Waals surface area contributed by atoms with Gasteiger partial charge in [0.2, 0.25) is 0 Å². The Kier molecular flexibility index (Phi) is 3.08. The van der Waals surface area contributed by atoms with Crippen LogP contribution in [0, 0.1) is 5.41 Å². The highest BCUT2D eigenvalue weighted by Gasteiger charge is 2.21. The summed E-state index contributed by atoms with van der Waals surface area (Å²) in [5.41, 5.74) is 7.39. The zero-order chi connectivity index (χ0) is 11.5. The van der Waals surface area contributed by atoms with Crippen LogP contribution in [0.1, 0.15) is 31.7 Å². The number of nitrogen functional groups attached to an aromatic ring is 1. The topological polar surface area (TPSA) is 66.0 Å². The molecule has 0 amide bonds. The summed E-state index contributed by atoms with van der Waals surface area (Å²) in [6.45, 7) is 3.25. The molecule has 0 aliphatic carbocycles. The number of piperidine rings is 1. The number of amidine groups is 1. The van der Waals surface area contributed by atoms with Crippen LogP contribution in [0.25, 0.3) is 0 Å². The molecular weight excluding hydrogens is 200 g/mol. The van der Waals surface area contributed by atoms with E-state index >= 15 is 0 Å². The number of hydrogen-bond acceptors (Lipinski definition) is 3.